The number of amides is 2. The van der Waals surface area contributed by atoms with Gasteiger partial charge >= 0.3 is 0 Å². The van der Waals surface area contributed by atoms with Crippen molar-refractivity contribution in [3.63, 3.8) is 0 Å². The number of primary amides is 1. The molecule has 0 bridgehead atoms. The molecule has 0 radical (unpaired) electrons. The fraction of sp³-hybridized carbons (Fsp3) is 0.179. The molecule has 0 spiro atoms. The third-order valence-electron chi connectivity index (χ3n) is 6.66. The molecule has 0 unspecified atom stereocenters. The quantitative estimate of drug-likeness (QED) is 0.197. The third-order valence-corrected chi connectivity index (χ3v) is 6.66. The van der Waals surface area contributed by atoms with Crippen molar-refractivity contribution < 1.29 is 14.7 Å². The number of nitrogens with zero attached hydrogens (tertiary/aromatic N) is 2. The van der Waals surface area contributed by atoms with Crippen LogP contribution in [0, 0.1) is 5.41 Å². The molecule has 7 N–H and O–H groups in total. The molecule has 1 aliphatic heterocycles. The summed E-state index contributed by atoms with van der Waals surface area (Å²) in [6.45, 7) is 1.69. The predicted molar refractivity (Wildman–Crippen MR) is 144 cm³/mol. The molecule has 1 aliphatic rings. The van der Waals surface area contributed by atoms with Gasteiger partial charge in [0.05, 0.1) is 6.10 Å². The molecule has 188 valence electrons. The summed E-state index contributed by atoms with van der Waals surface area (Å²) in [6.07, 6.45) is 0.380. The van der Waals surface area contributed by atoms with E-state index in [9.17, 15) is 14.7 Å². The molecule has 2 heterocycles. The summed E-state index contributed by atoms with van der Waals surface area (Å²) in [5.74, 6) is -0.849. The Hall–Kier alpha value is -4.63. The highest BCUT2D eigenvalue weighted by Crippen LogP contribution is 2.26. The summed E-state index contributed by atoms with van der Waals surface area (Å²) in [5, 5.41) is 21.6. The minimum Gasteiger partial charge on any atom is -0.391 e. The molecule has 1 atom stereocenters. The Morgan fingerprint density at radius 3 is 2.43 bits per heavy atom. The van der Waals surface area contributed by atoms with E-state index in [0.29, 0.717) is 35.6 Å². The van der Waals surface area contributed by atoms with Crippen LogP contribution in [0.25, 0.3) is 10.9 Å². The highest BCUT2D eigenvalue weighted by molar-refractivity contribution is 6.07. The van der Waals surface area contributed by atoms with Gasteiger partial charge < -0.3 is 31.4 Å². The number of aromatic nitrogens is 1. The van der Waals surface area contributed by atoms with Crippen LogP contribution in [0.5, 0.6) is 0 Å². The number of nitrogens with two attached hydrogens (primary N) is 2. The molecule has 9 heteroatoms. The molecule has 0 aliphatic carbocycles. The summed E-state index contributed by atoms with van der Waals surface area (Å²) < 4.78 is 1.87. The number of fused-ring (bicyclic) bond motifs is 1. The van der Waals surface area contributed by atoms with E-state index in [-0.39, 0.29) is 17.8 Å². The third kappa shape index (κ3) is 5.03. The van der Waals surface area contributed by atoms with Gasteiger partial charge in [0.15, 0.2) is 0 Å². The second-order valence-corrected chi connectivity index (χ2v) is 9.26. The first-order valence-electron chi connectivity index (χ1n) is 12.0. The Labute approximate surface area is 213 Å². The maximum atomic E-state index is 13.5. The van der Waals surface area contributed by atoms with Gasteiger partial charge in [-0.05, 0) is 54.4 Å². The maximum absolute atomic E-state index is 13.5. The molecular formula is C28H28N6O3. The number of nitrogen functional groups attached to an aromatic ring is 1. The van der Waals surface area contributed by atoms with Gasteiger partial charge in [0.2, 0.25) is 5.91 Å². The lowest BCUT2D eigenvalue weighted by Gasteiger charge is -2.19. The van der Waals surface area contributed by atoms with Crippen LogP contribution >= 0.6 is 0 Å². The number of amidine groups is 1. The first-order valence-corrected chi connectivity index (χ1v) is 12.0. The van der Waals surface area contributed by atoms with Gasteiger partial charge in [-0.2, -0.15) is 0 Å². The SMILES string of the molecule is N=C(N)c1ccc2cc(C(=O)Nc3cccc(N4CC[C@H](O)C4)c3)n(Cc3ccc(C(N)=O)cc3)c2c1. The van der Waals surface area contributed by atoms with Crippen LogP contribution in [0.15, 0.2) is 72.8 Å². The second kappa shape index (κ2) is 9.79. The highest BCUT2D eigenvalue weighted by Gasteiger charge is 2.21. The lowest BCUT2D eigenvalue weighted by Crippen LogP contribution is -2.21. The first kappa shape index (κ1) is 24.1. The van der Waals surface area contributed by atoms with E-state index in [1.165, 1.54) is 0 Å². The van der Waals surface area contributed by atoms with E-state index >= 15 is 0 Å². The van der Waals surface area contributed by atoms with Crippen LogP contribution in [0.4, 0.5) is 11.4 Å². The van der Waals surface area contributed by atoms with Crippen LogP contribution in [0.3, 0.4) is 0 Å². The number of aliphatic hydroxyl groups excluding tert-OH is 1. The number of aliphatic hydroxyl groups is 1. The minimum atomic E-state index is -0.505. The Morgan fingerprint density at radius 2 is 1.76 bits per heavy atom. The van der Waals surface area contributed by atoms with Crippen molar-refractivity contribution in [3.05, 3.63) is 95.2 Å². The molecule has 3 aromatic carbocycles. The average molecular weight is 497 g/mol. The van der Waals surface area contributed by atoms with Gasteiger partial charge in [-0.25, -0.2) is 0 Å². The summed E-state index contributed by atoms with van der Waals surface area (Å²) in [4.78, 5) is 27.1. The van der Waals surface area contributed by atoms with Crippen LogP contribution in [0.2, 0.25) is 0 Å². The molecule has 0 saturated carbocycles. The van der Waals surface area contributed by atoms with E-state index in [2.05, 4.69) is 10.2 Å². The summed E-state index contributed by atoms with van der Waals surface area (Å²) >= 11 is 0. The van der Waals surface area contributed by atoms with Crippen molar-refractivity contribution in [2.75, 3.05) is 23.3 Å². The minimum absolute atomic E-state index is 0.0599. The van der Waals surface area contributed by atoms with Crippen LogP contribution in [-0.4, -0.2) is 46.5 Å². The number of β-amino-alcohol motifs (C(OH)–C–C–N with tert-alkyl or cyclic N) is 1. The topological polar surface area (TPSA) is 150 Å². The second-order valence-electron chi connectivity index (χ2n) is 9.26. The fourth-order valence-corrected chi connectivity index (χ4v) is 4.69. The van der Waals surface area contributed by atoms with Crippen molar-refractivity contribution in [1.82, 2.24) is 4.57 Å². The monoisotopic (exact) mass is 496 g/mol. The Bertz CT molecular complexity index is 1510. The Morgan fingerprint density at radius 1 is 1.00 bits per heavy atom. The van der Waals surface area contributed by atoms with Gasteiger partial charge in [-0.15, -0.1) is 0 Å². The number of carbonyl (C=O) groups is 2. The van der Waals surface area contributed by atoms with Gasteiger partial charge in [-0.3, -0.25) is 15.0 Å². The van der Waals surface area contributed by atoms with Crippen LogP contribution in [-0.2, 0) is 6.54 Å². The van der Waals surface area contributed by atoms with Crippen molar-refractivity contribution in [2.24, 2.45) is 11.5 Å². The normalized spacial score (nSPS) is 15.2. The van der Waals surface area contributed by atoms with Crippen molar-refractivity contribution in [3.8, 4) is 0 Å². The van der Waals surface area contributed by atoms with Crippen molar-refractivity contribution >= 4 is 39.9 Å². The fourth-order valence-electron chi connectivity index (χ4n) is 4.69. The average Bonchev–Trinajstić information content (AvgIpc) is 3.48. The van der Waals surface area contributed by atoms with Crippen molar-refractivity contribution in [1.29, 1.82) is 5.41 Å². The molecule has 1 fully saturated rings. The molecule has 4 aromatic rings. The van der Waals surface area contributed by atoms with E-state index in [1.807, 2.05) is 41.0 Å². The smallest absolute Gasteiger partial charge is 0.272 e. The molecule has 9 nitrogen and oxygen atoms in total. The number of hydrogen-bond acceptors (Lipinski definition) is 5. The van der Waals surface area contributed by atoms with Crippen LogP contribution < -0.4 is 21.7 Å². The van der Waals surface area contributed by atoms with E-state index in [4.69, 9.17) is 16.9 Å². The van der Waals surface area contributed by atoms with Gasteiger partial charge in [0, 0.05) is 53.0 Å². The molecule has 5 rings (SSSR count). The van der Waals surface area contributed by atoms with Gasteiger partial charge in [0.25, 0.3) is 5.91 Å². The number of nitrogens with one attached hydrogen (secondary N) is 2. The summed E-state index contributed by atoms with van der Waals surface area (Å²) in [7, 11) is 0. The van der Waals surface area contributed by atoms with Gasteiger partial charge in [0.1, 0.15) is 11.5 Å². The van der Waals surface area contributed by atoms with E-state index in [1.54, 1.807) is 36.4 Å². The predicted octanol–water partition coefficient (Wildman–Crippen LogP) is 2.90. The van der Waals surface area contributed by atoms with E-state index in [0.717, 1.165) is 35.1 Å². The maximum Gasteiger partial charge on any atom is 0.272 e. The van der Waals surface area contributed by atoms with E-state index < -0.39 is 5.91 Å². The zero-order valence-electron chi connectivity index (χ0n) is 20.1. The lowest BCUT2D eigenvalue weighted by molar-refractivity contribution is 0.0997. The Balaban J connectivity index is 1.49. The summed E-state index contributed by atoms with van der Waals surface area (Å²) in [6, 6.07) is 21.7. The standard InChI is InChI=1S/C28H28N6O3/c29-26(30)20-9-8-19-12-25(34(24(19)13-20)15-17-4-6-18(7-5-17)27(31)36)28(37)32-21-2-1-3-22(14-21)33-11-10-23(35)16-33/h1-9,12-14,23,35H,10-11,15-16H2,(H3,29,30)(H2,31,36)(H,32,37)/t23-/m0/s1. The number of rotatable bonds is 7. The molecule has 1 aromatic heterocycles. The lowest BCUT2D eigenvalue weighted by atomic mass is 10.1. The summed E-state index contributed by atoms with van der Waals surface area (Å²) in [5.41, 5.74) is 15.7. The largest absolute Gasteiger partial charge is 0.391 e. The molecule has 2 amide bonds. The number of carbonyl (C=O) groups excluding carboxylic acids is 2. The van der Waals surface area contributed by atoms with Crippen LogP contribution in [0.1, 0.15) is 38.4 Å². The van der Waals surface area contributed by atoms with Gasteiger partial charge in [-0.1, -0.05) is 30.3 Å². The highest BCUT2D eigenvalue weighted by atomic mass is 16.3. The molecule has 37 heavy (non-hydrogen) atoms. The Kier molecular flexibility index (Phi) is 6.37. The zero-order chi connectivity index (χ0) is 26.1. The molecular weight excluding hydrogens is 468 g/mol. The number of hydrogen-bond donors (Lipinski definition) is 5. The number of benzene rings is 3. The number of anilines is 2. The first-order chi connectivity index (χ1) is 17.8. The van der Waals surface area contributed by atoms with Crippen molar-refractivity contribution in [2.45, 2.75) is 19.1 Å². The zero-order valence-corrected chi connectivity index (χ0v) is 20.1. The molecule has 1 saturated heterocycles.